The van der Waals surface area contributed by atoms with Crippen molar-refractivity contribution in [2.75, 3.05) is 6.61 Å². The first-order chi connectivity index (χ1) is 12.1. The van der Waals surface area contributed by atoms with Crippen LogP contribution in [0.3, 0.4) is 0 Å². The van der Waals surface area contributed by atoms with Gasteiger partial charge in [0, 0.05) is 0 Å². The Labute approximate surface area is 149 Å². The van der Waals surface area contributed by atoms with Crippen molar-refractivity contribution in [1.82, 2.24) is 0 Å². The Kier molecular flexibility index (Phi) is 9.00. The summed E-state index contributed by atoms with van der Waals surface area (Å²) in [4.78, 5) is 0. The molecule has 0 bridgehead atoms. The molecule has 0 saturated heterocycles. The SMILES string of the molecule is OCC(O)C(O)C(O)C(O)C(O)C(O)C(O)C(O)C(O)c1ccccc1. The van der Waals surface area contributed by atoms with Crippen molar-refractivity contribution in [2.45, 2.75) is 54.9 Å². The summed E-state index contributed by atoms with van der Waals surface area (Å²) in [5, 5.41) is 96.6. The number of rotatable bonds is 10. The molecule has 10 nitrogen and oxygen atoms in total. The first-order valence-electron chi connectivity index (χ1n) is 7.91. The van der Waals surface area contributed by atoms with Crippen LogP contribution >= 0.6 is 0 Å². The van der Waals surface area contributed by atoms with Gasteiger partial charge in [-0.05, 0) is 5.56 Å². The van der Waals surface area contributed by atoms with Gasteiger partial charge in [0.15, 0.2) is 0 Å². The Morgan fingerprint density at radius 3 is 1.35 bits per heavy atom. The van der Waals surface area contributed by atoms with Crippen molar-refractivity contribution in [3.05, 3.63) is 35.9 Å². The molecule has 0 saturated carbocycles. The van der Waals surface area contributed by atoms with Gasteiger partial charge in [0.05, 0.1) is 6.61 Å². The smallest absolute Gasteiger partial charge is 0.113 e. The summed E-state index contributed by atoms with van der Waals surface area (Å²) >= 11 is 0. The summed E-state index contributed by atoms with van der Waals surface area (Å²) in [5.41, 5.74) is 0.225. The molecule has 0 aliphatic carbocycles. The molecule has 1 rings (SSSR count). The van der Waals surface area contributed by atoms with Crippen molar-refractivity contribution in [3.63, 3.8) is 0 Å². The molecular weight excluding hydrogens is 352 g/mol. The second-order valence-corrected chi connectivity index (χ2v) is 6.04. The van der Waals surface area contributed by atoms with Crippen LogP contribution in [-0.2, 0) is 0 Å². The standard InChI is InChI=1S/C16H26O10/c17-6-8(18)10(20)12(22)14(24)16(26)15(25)13(23)11(21)9(19)7-4-2-1-3-5-7/h1-5,8-26H,6H2. The predicted octanol–water partition coefficient (Wildman–Crippen LogP) is -4.40. The molecule has 10 N–H and O–H groups in total. The lowest BCUT2D eigenvalue weighted by Gasteiger charge is -2.34. The van der Waals surface area contributed by atoms with Gasteiger partial charge in [-0.15, -0.1) is 0 Å². The van der Waals surface area contributed by atoms with Crippen molar-refractivity contribution < 1.29 is 51.1 Å². The van der Waals surface area contributed by atoms with Crippen LogP contribution in [0.25, 0.3) is 0 Å². The van der Waals surface area contributed by atoms with E-state index >= 15 is 0 Å². The molecule has 10 heteroatoms. The molecule has 1 aromatic carbocycles. The van der Waals surface area contributed by atoms with Crippen molar-refractivity contribution >= 4 is 0 Å². The van der Waals surface area contributed by atoms with Crippen LogP contribution in [0.2, 0.25) is 0 Å². The fourth-order valence-corrected chi connectivity index (χ4v) is 2.38. The average molecular weight is 378 g/mol. The van der Waals surface area contributed by atoms with Gasteiger partial charge in [0.25, 0.3) is 0 Å². The summed E-state index contributed by atoms with van der Waals surface area (Å²) < 4.78 is 0. The highest BCUT2D eigenvalue weighted by molar-refractivity contribution is 5.18. The van der Waals surface area contributed by atoms with Crippen LogP contribution in [-0.4, -0.2) is 107 Å². The van der Waals surface area contributed by atoms with Gasteiger partial charge in [-0.2, -0.15) is 0 Å². The Morgan fingerprint density at radius 2 is 0.923 bits per heavy atom. The van der Waals surface area contributed by atoms with Gasteiger partial charge in [0.1, 0.15) is 54.9 Å². The molecule has 9 unspecified atom stereocenters. The topological polar surface area (TPSA) is 202 Å². The van der Waals surface area contributed by atoms with E-state index in [0.29, 0.717) is 0 Å². The maximum absolute atomic E-state index is 10.0. The predicted molar refractivity (Wildman–Crippen MR) is 86.5 cm³/mol. The lowest BCUT2D eigenvalue weighted by atomic mass is 9.90. The second-order valence-electron chi connectivity index (χ2n) is 6.04. The summed E-state index contributed by atoms with van der Waals surface area (Å²) in [6, 6.07) is 7.69. The first kappa shape index (κ1) is 22.9. The number of benzene rings is 1. The van der Waals surface area contributed by atoms with E-state index in [1.807, 2.05) is 0 Å². The zero-order valence-corrected chi connectivity index (χ0v) is 13.8. The van der Waals surface area contributed by atoms with Gasteiger partial charge in [-0.25, -0.2) is 0 Å². The van der Waals surface area contributed by atoms with Gasteiger partial charge < -0.3 is 51.1 Å². The average Bonchev–Trinajstić information content (AvgIpc) is 2.69. The highest BCUT2D eigenvalue weighted by atomic mass is 16.4. The van der Waals surface area contributed by atoms with Crippen LogP contribution in [0.5, 0.6) is 0 Å². The third-order valence-corrected chi connectivity index (χ3v) is 4.15. The van der Waals surface area contributed by atoms with E-state index in [0.717, 1.165) is 0 Å². The molecule has 0 aromatic heterocycles. The van der Waals surface area contributed by atoms with Crippen LogP contribution in [0, 0.1) is 0 Å². The Bertz CT molecular complexity index is 515. The zero-order valence-electron chi connectivity index (χ0n) is 13.8. The molecular formula is C16H26O10. The van der Waals surface area contributed by atoms with Gasteiger partial charge in [-0.3, -0.25) is 0 Å². The summed E-state index contributed by atoms with van der Waals surface area (Å²) in [6.45, 7) is -0.936. The molecule has 0 spiro atoms. The molecule has 0 fully saturated rings. The lowest BCUT2D eigenvalue weighted by Crippen LogP contribution is -2.56. The minimum Gasteiger partial charge on any atom is -0.394 e. The van der Waals surface area contributed by atoms with E-state index in [4.69, 9.17) is 5.11 Å². The van der Waals surface area contributed by atoms with Gasteiger partial charge >= 0.3 is 0 Å². The highest BCUT2D eigenvalue weighted by Crippen LogP contribution is 2.22. The minimum atomic E-state index is -2.25. The maximum Gasteiger partial charge on any atom is 0.113 e. The number of hydrogen-bond donors (Lipinski definition) is 10. The monoisotopic (exact) mass is 378 g/mol. The highest BCUT2D eigenvalue weighted by Gasteiger charge is 2.42. The number of aliphatic hydroxyl groups is 10. The van der Waals surface area contributed by atoms with Crippen LogP contribution in [0.4, 0.5) is 0 Å². The number of hydrogen-bond acceptors (Lipinski definition) is 10. The molecule has 0 radical (unpaired) electrons. The maximum atomic E-state index is 10.0. The third-order valence-electron chi connectivity index (χ3n) is 4.15. The molecule has 0 aliphatic heterocycles. The minimum absolute atomic E-state index is 0.225. The van der Waals surface area contributed by atoms with Gasteiger partial charge in [-0.1, -0.05) is 30.3 Å². The van der Waals surface area contributed by atoms with Crippen molar-refractivity contribution in [2.24, 2.45) is 0 Å². The van der Waals surface area contributed by atoms with Crippen LogP contribution < -0.4 is 0 Å². The molecule has 150 valence electrons. The number of aliphatic hydroxyl groups excluding tert-OH is 10. The fourth-order valence-electron chi connectivity index (χ4n) is 2.38. The zero-order chi connectivity index (χ0) is 20.0. The molecule has 0 heterocycles. The largest absolute Gasteiger partial charge is 0.394 e. The summed E-state index contributed by atoms with van der Waals surface area (Å²) in [7, 11) is 0. The van der Waals surface area contributed by atoms with E-state index in [-0.39, 0.29) is 5.56 Å². The first-order valence-corrected chi connectivity index (χ1v) is 7.91. The van der Waals surface area contributed by atoms with E-state index in [2.05, 4.69) is 0 Å². The van der Waals surface area contributed by atoms with Crippen molar-refractivity contribution in [1.29, 1.82) is 0 Å². The van der Waals surface area contributed by atoms with E-state index < -0.39 is 61.5 Å². The Hall–Kier alpha value is -1.18. The summed E-state index contributed by atoms with van der Waals surface area (Å²) in [5.74, 6) is 0. The summed E-state index contributed by atoms with van der Waals surface area (Å²) in [6.07, 6.45) is -18.4. The van der Waals surface area contributed by atoms with Gasteiger partial charge in [0.2, 0.25) is 0 Å². The fraction of sp³-hybridized carbons (Fsp3) is 0.625. The molecule has 26 heavy (non-hydrogen) atoms. The quantitative estimate of drug-likeness (QED) is 0.189. The van der Waals surface area contributed by atoms with E-state index in [1.165, 1.54) is 12.1 Å². The van der Waals surface area contributed by atoms with Crippen LogP contribution in [0.1, 0.15) is 11.7 Å². The van der Waals surface area contributed by atoms with Crippen molar-refractivity contribution in [3.8, 4) is 0 Å². The normalized spacial score (nSPS) is 22.5. The second kappa shape index (κ2) is 10.2. The van der Waals surface area contributed by atoms with E-state index in [9.17, 15) is 46.0 Å². The molecule has 9 atom stereocenters. The lowest BCUT2D eigenvalue weighted by molar-refractivity contribution is -0.186. The molecule has 0 amide bonds. The van der Waals surface area contributed by atoms with E-state index in [1.54, 1.807) is 18.2 Å². The van der Waals surface area contributed by atoms with Crippen LogP contribution in [0.15, 0.2) is 30.3 Å². The third kappa shape index (κ3) is 5.41. The molecule has 0 aliphatic rings. The molecule has 1 aromatic rings. The Balaban J connectivity index is 2.77. The Morgan fingerprint density at radius 1 is 0.538 bits per heavy atom.